The molecule has 0 aromatic heterocycles. The van der Waals surface area contributed by atoms with Gasteiger partial charge in [0, 0.05) is 0 Å². The standard InChI is InChI=1S/C15H16N2O6/c1-3-22-13(18)8-23-11-5-4-9(7-12(11)21-2)6-10-14(19)17-15(20)16-10/h4-7H,3,8H2,1-2H3,(H2,16,17,19,20). The van der Waals surface area contributed by atoms with Gasteiger partial charge in [-0.05, 0) is 30.7 Å². The summed E-state index contributed by atoms with van der Waals surface area (Å²) in [5.74, 6) is -0.237. The Kier molecular flexibility index (Phi) is 5.19. The van der Waals surface area contributed by atoms with Crippen molar-refractivity contribution in [3.8, 4) is 11.5 Å². The Hall–Kier alpha value is -3.03. The Bertz CT molecular complexity index is 668. The molecule has 8 nitrogen and oxygen atoms in total. The molecule has 3 amide bonds. The fourth-order valence-corrected chi connectivity index (χ4v) is 1.88. The number of ether oxygens (including phenoxy) is 3. The maximum atomic E-state index is 11.5. The fraction of sp³-hybridized carbons (Fsp3) is 0.267. The highest BCUT2D eigenvalue weighted by Gasteiger charge is 2.22. The number of carbonyl (C=O) groups excluding carboxylic acids is 3. The van der Waals surface area contributed by atoms with E-state index in [1.165, 1.54) is 13.2 Å². The van der Waals surface area contributed by atoms with Crippen LogP contribution < -0.4 is 20.1 Å². The zero-order valence-corrected chi connectivity index (χ0v) is 12.7. The second-order valence-corrected chi connectivity index (χ2v) is 4.47. The van der Waals surface area contributed by atoms with Crippen molar-refractivity contribution in [3.63, 3.8) is 0 Å². The number of rotatable bonds is 6. The monoisotopic (exact) mass is 320 g/mol. The molecule has 122 valence electrons. The SMILES string of the molecule is CCOC(=O)COc1ccc(C=C2NC(=O)NC2=O)cc1OC. The summed E-state index contributed by atoms with van der Waals surface area (Å²) in [6.45, 7) is 1.75. The zero-order chi connectivity index (χ0) is 16.8. The first-order chi connectivity index (χ1) is 11.0. The Morgan fingerprint density at radius 3 is 2.61 bits per heavy atom. The summed E-state index contributed by atoms with van der Waals surface area (Å²) in [5, 5.41) is 4.49. The van der Waals surface area contributed by atoms with Crippen molar-refractivity contribution in [2.24, 2.45) is 0 Å². The number of hydrogen-bond donors (Lipinski definition) is 2. The summed E-state index contributed by atoms with van der Waals surface area (Å²) < 4.78 is 15.3. The summed E-state index contributed by atoms with van der Waals surface area (Å²) in [4.78, 5) is 33.8. The number of imide groups is 1. The maximum Gasteiger partial charge on any atom is 0.344 e. The van der Waals surface area contributed by atoms with E-state index in [4.69, 9.17) is 14.2 Å². The number of esters is 1. The van der Waals surface area contributed by atoms with Crippen molar-refractivity contribution in [1.29, 1.82) is 0 Å². The van der Waals surface area contributed by atoms with Gasteiger partial charge in [-0.25, -0.2) is 9.59 Å². The van der Waals surface area contributed by atoms with Crippen LogP contribution in [-0.2, 0) is 14.3 Å². The van der Waals surface area contributed by atoms with E-state index in [9.17, 15) is 14.4 Å². The molecule has 0 radical (unpaired) electrons. The van der Waals surface area contributed by atoms with Crippen LogP contribution in [0.15, 0.2) is 23.9 Å². The molecule has 1 saturated heterocycles. The third-order valence-corrected chi connectivity index (χ3v) is 2.87. The Balaban J connectivity index is 2.13. The van der Waals surface area contributed by atoms with Gasteiger partial charge in [0.25, 0.3) is 5.91 Å². The molecule has 1 aromatic rings. The van der Waals surface area contributed by atoms with Crippen molar-refractivity contribution in [3.05, 3.63) is 29.5 Å². The van der Waals surface area contributed by atoms with E-state index in [0.29, 0.717) is 17.1 Å². The van der Waals surface area contributed by atoms with Gasteiger partial charge in [-0.1, -0.05) is 6.07 Å². The Labute approximate surface area is 132 Å². The lowest BCUT2D eigenvalue weighted by Gasteiger charge is -2.11. The molecule has 1 aliphatic rings. The number of carbonyl (C=O) groups is 3. The van der Waals surface area contributed by atoms with Gasteiger partial charge in [0.2, 0.25) is 0 Å². The molecular formula is C15H16N2O6. The van der Waals surface area contributed by atoms with Gasteiger partial charge < -0.3 is 19.5 Å². The minimum Gasteiger partial charge on any atom is -0.493 e. The van der Waals surface area contributed by atoms with Crippen molar-refractivity contribution in [2.45, 2.75) is 6.92 Å². The number of urea groups is 1. The van der Waals surface area contributed by atoms with E-state index >= 15 is 0 Å². The molecular weight excluding hydrogens is 304 g/mol. The van der Waals surface area contributed by atoms with Gasteiger partial charge in [-0.2, -0.15) is 0 Å². The van der Waals surface area contributed by atoms with Crippen LogP contribution in [0.3, 0.4) is 0 Å². The normalized spacial score (nSPS) is 15.1. The van der Waals surface area contributed by atoms with Crippen molar-refractivity contribution < 1.29 is 28.6 Å². The second kappa shape index (κ2) is 7.30. The van der Waals surface area contributed by atoms with E-state index in [0.717, 1.165) is 0 Å². The first kappa shape index (κ1) is 16.3. The maximum absolute atomic E-state index is 11.5. The van der Waals surface area contributed by atoms with E-state index in [-0.39, 0.29) is 18.9 Å². The third-order valence-electron chi connectivity index (χ3n) is 2.87. The second-order valence-electron chi connectivity index (χ2n) is 4.47. The summed E-state index contributed by atoms with van der Waals surface area (Å²) >= 11 is 0. The topological polar surface area (TPSA) is 103 Å². The molecule has 0 atom stereocenters. The summed E-state index contributed by atoms with van der Waals surface area (Å²) in [7, 11) is 1.45. The van der Waals surface area contributed by atoms with Gasteiger partial charge in [-0.3, -0.25) is 10.1 Å². The molecule has 1 aromatic carbocycles. The van der Waals surface area contributed by atoms with E-state index in [2.05, 4.69) is 10.6 Å². The number of nitrogens with one attached hydrogen (secondary N) is 2. The molecule has 0 unspecified atom stereocenters. The molecule has 0 saturated carbocycles. The van der Waals surface area contributed by atoms with Crippen LogP contribution in [0.1, 0.15) is 12.5 Å². The average molecular weight is 320 g/mol. The first-order valence-electron chi connectivity index (χ1n) is 6.84. The van der Waals surface area contributed by atoms with Crippen LogP contribution in [0.5, 0.6) is 11.5 Å². The lowest BCUT2D eigenvalue weighted by molar-refractivity contribution is -0.145. The highest BCUT2D eigenvalue weighted by Crippen LogP contribution is 2.29. The lowest BCUT2D eigenvalue weighted by Crippen LogP contribution is -2.22. The zero-order valence-electron chi connectivity index (χ0n) is 12.7. The predicted molar refractivity (Wildman–Crippen MR) is 79.8 cm³/mol. The predicted octanol–water partition coefficient (Wildman–Crippen LogP) is 0.817. The molecule has 1 heterocycles. The largest absolute Gasteiger partial charge is 0.493 e. The van der Waals surface area contributed by atoms with Crippen LogP contribution in [0.4, 0.5) is 4.79 Å². The summed E-state index contributed by atoms with van der Waals surface area (Å²) in [5.41, 5.74) is 0.759. The molecule has 0 aliphatic carbocycles. The lowest BCUT2D eigenvalue weighted by atomic mass is 10.1. The average Bonchev–Trinajstić information content (AvgIpc) is 2.83. The van der Waals surface area contributed by atoms with Crippen molar-refractivity contribution in [2.75, 3.05) is 20.3 Å². The Morgan fingerprint density at radius 2 is 2.00 bits per heavy atom. The van der Waals surface area contributed by atoms with Crippen molar-refractivity contribution >= 4 is 24.0 Å². The molecule has 1 fully saturated rings. The number of amides is 3. The van der Waals surface area contributed by atoms with Gasteiger partial charge in [0.15, 0.2) is 18.1 Å². The molecule has 1 aliphatic heterocycles. The first-order valence-corrected chi connectivity index (χ1v) is 6.84. The van der Waals surface area contributed by atoms with E-state index in [1.54, 1.807) is 25.1 Å². The van der Waals surface area contributed by atoms with Crippen molar-refractivity contribution in [1.82, 2.24) is 10.6 Å². The van der Waals surface area contributed by atoms with Gasteiger partial charge in [-0.15, -0.1) is 0 Å². The third kappa shape index (κ3) is 4.22. The van der Waals surface area contributed by atoms with Crippen LogP contribution >= 0.6 is 0 Å². The Morgan fingerprint density at radius 1 is 1.22 bits per heavy atom. The number of benzene rings is 1. The molecule has 2 rings (SSSR count). The molecule has 23 heavy (non-hydrogen) atoms. The molecule has 0 bridgehead atoms. The van der Waals surface area contributed by atoms with Gasteiger partial charge >= 0.3 is 12.0 Å². The highest BCUT2D eigenvalue weighted by molar-refractivity contribution is 6.14. The summed E-state index contributed by atoms with van der Waals surface area (Å²) in [6.07, 6.45) is 1.50. The molecule has 2 N–H and O–H groups in total. The minimum absolute atomic E-state index is 0.136. The number of methoxy groups -OCH3 is 1. The number of hydrogen-bond acceptors (Lipinski definition) is 6. The van der Waals surface area contributed by atoms with Crippen LogP contribution in [0.25, 0.3) is 6.08 Å². The van der Waals surface area contributed by atoms with Gasteiger partial charge in [0.1, 0.15) is 5.70 Å². The van der Waals surface area contributed by atoms with E-state index < -0.39 is 17.9 Å². The van der Waals surface area contributed by atoms with E-state index in [1.807, 2.05) is 0 Å². The molecule has 0 spiro atoms. The quantitative estimate of drug-likeness (QED) is 0.457. The van der Waals surface area contributed by atoms with Crippen LogP contribution in [-0.4, -0.2) is 38.2 Å². The molecule has 8 heteroatoms. The smallest absolute Gasteiger partial charge is 0.344 e. The van der Waals surface area contributed by atoms with Crippen LogP contribution in [0.2, 0.25) is 0 Å². The highest BCUT2D eigenvalue weighted by atomic mass is 16.6. The minimum atomic E-state index is -0.567. The van der Waals surface area contributed by atoms with Crippen LogP contribution in [0, 0.1) is 0 Å². The fourth-order valence-electron chi connectivity index (χ4n) is 1.88. The van der Waals surface area contributed by atoms with Gasteiger partial charge in [0.05, 0.1) is 13.7 Å². The summed E-state index contributed by atoms with van der Waals surface area (Å²) in [6, 6.07) is 4.31.